The standard InChI is InChI=1S/C15H16ClFN2/c1-10-5-6-14(17)13(7-10)15(19-18)9-11-3-2-4-12(16)8-11/h2-8,15,19H,9,18H2,1H3. The zero-order valence-electron chi connectivity index (χ0n) is 10.7. The van der Waals surface area contributed by atoms with Gasteiger partial charge in [-0.2, -0.15) is 0 Å². The molecule has 0 amide bonds. The summed E-state index contributed by atoms with van der Waals surface area (Å²) in [6.45, 7) is 1.93. The zero-order chi connectivity index (χ0) is 13.8. The molecule has 0 saturated heterocycles. The number of hydrogen-bond acceptors (Lipinski definition) is 2. The molecule has 0 aromatic heterocycles. The smallest absolute Gasteiger partial charge is 0.128 e. The van der Waals surface area contributed by atoms with E-state index in [2.05, 4.69) is 5.43 Å². The maximum absolute atomic E-state index is 13.9. The van der Waals surface area contributed by atoms with Gasteiger partial charge < -0.3 is 0 Å². The summed E-state index contributed by atoms with van der Waals surface area (Å²) in [5, 5.41) is 0.665. The largest absolute Gasteiger partial charge is 0.271 e. The van der Waals surface area contributed by atoms with E-state index in [1.807, 2.05) is 37.3 Å². The van der Waals surface area contributed by atoms with Crippen LogP contribution >= 0.6 is 11.6 Å². The molecule has 2 nitrogen and oxygen atoms in total. The van der Waals surface area contributed by atoms with Gasteiger partial charge in [0.25, 0.3) is 0 Å². The number of hydrogen-bond donors (Lipinski definition) is 2. The molecule has 1 atom stereocenters. The minimum atomic E-state index is -0.279. The fraction of sp³-hybridized carbons (Fsp3) is 0.200. The van der Waals surface area contributed by atoms with E-state index < -0.39 is 0 Å². The maximum Gasteiger partial charge on any atom is 0.128 e. The summed E-state index contributed by atoms with van der Waals surface area (Å²) in [5.41, 5.74) is 5.26. The molecule has 0 heterocycles. The van der Waals surface area contributed by atoms with Crippen LogP contribution in [0.2, 0.25) is 5.02 Å². The van der Waals surface area contributed by atoms with Gasteiger partial charge in [-0.05, 0) is 37.1 Å². The number of halogens is 2. The first-order chi connectivity index (χ1) is 9.10. The zero-order valence-corrected chi connectivity index (χ0v) is 11.4. The minimum absolute atomic E-state index is 0.254. The van der Waals surface area contributed by atoms with Crippen LogP contribution < -0.4 is 11.3 Å². The van der Waals surface area contributed by atoms with Crippen molar-refractivity contribution in [2.24, 2.45) is 5.84 Å². The molecular formula is C15H16ClFN2. The summed E-state index contributed by atoms with van der Waals surface area (Å²) in [6, 6.07) is 12.2. The molecule has 2 aromatic rings. The molecule has 0 bridgehead atoms. The maximum atomic E-state index is 13.9. The number of nitrogens with two attached hydrogens (primary N) is 1. The lowest BCUT2D eigenvalue weighted by molar-refractivity contribution is 0.510. The molecule has 19 heavy (non-hydrogen) atoms. The van der Waals surface area contributed by atoms with Gasteiger partial charge in [-0.15, -0.1) is 0 Å². The second kappa shape index (κ2) is 6.15. The Morgan fingerprint density at radius 2 is 2.05 bits per heavy atom. The van der Waals surface area contributed by atoms with Gasteiger partial charge >= 0.3 is 0 Å². The third kappa shape index (κ3) is 3.53. The van der Waals surface area contributed by atoms with Crippen LogP contribution in [0.3, 0.4) is 0 Å². The van der Waals surface area contributed by atoms with Gasteiger partial charge in [0, 0.05) is 10.6 Å². The van der Waals surface area contributed by atoms with Gasteiger partial charge in [0.1, 0.15) is 5.82 Å². The fourth-order valence-electron chi connectivity index (χ4n) is 2.09. The van der Waals surface area contributed by atoms with Crippen molar-refractivity contribution in [3.63, 3.8) is 0 Å². The lowest BCUT2D eigenvalue weighted by Crippen LogP contribution is -2.30. The molecule has 0 spiro atoms. The molecule has 1 unspecified atom stereocenters. The molecular weight excluding hydrogens is 263 g/mol. The molecule has 0 saturated carbocycles. The van der Waals surface area contributed by atoms with Crippen LogP contribution in [0, 0.1) is 12.7 Å². The molecule has 0 radical (unpaired) electrons. The van der Waals surface area contributed by atoms with E-state index >= 15 is 0 Å². The van der Waals surface area contributed by atoms with Crippen LogP contribution in [0.5, 0.6) is 0 Å². The first-order valence-electron chi connectivity index (χ1n) is 6.07. The summed E-state index contributed by atoms with van der Waals surface area (Å²) in [7, 11) is 0. The van der Waals surface area contributed by atoms with E-state index in [1.165, 1.54) is 6.07 Å². The molecule has 4 heteroatoms. The van der Waals surface area contributed by atoms with Gasteiger partial charge in [-0.3, -0.25) is 11.3 Å². The number of nitrogens with one attached hydrogen (secondary N) is 1. The van der Waals surface area contributed by atoms with Gasteiger partial charge in [-0.1, -0.05) is 41.4 Å². The van der Waals surface area contributed by atoms with E-state index in [4.69, 9.17) is 17.4 Å². The van der Waals surface area contributed by atoms with Crippen molar-refractivity contribution in [1.29, 1.82) is 0 Å². The highest BCUT2D eigenvalue weighted by Gasteiger charge is 2.15. The Morgan fingerprint density at radius 3 is 2.74 bits per heavy atom. The van der Waals surface area contributed by atoms with E-state index in [1.54, 1.807) is 6.07 Å². The number of aryl methyl sites for hydroxylation is 1. The van der Waals surface area contributed by atoms with Crippen molar-refractivity contribution in [3.8, 4) is 0 Å². The molecule has 0 aliphatic heterocycles. The van der Waals surface area contributed by atoms with Gasteiger partial charge in [0.2, 0.25) is 0 Å². The second-order valence-corrected chi connectivity index (χ2v) is 5.01. The topological polar surface area (TPSA) is 38.0 Å². The molecule has 0 fully saturated rings. The third-order valence-electron chi connectivity index (χ3n) is 3.06. The molecule has 100 valence electrons. The van der Waals surface area contributed by atoms with Gasteiger partial charge in [0.05, 0.1) is 6.04 Å². The van der Waals surface area contributed by atoms with Crippen molar-refractivity contribution in [2.75, 3.05) is 0 Å². The van der Waals surface area contributed by atoms with E-state index in [9.17, 15) is 4.39 Å². The Labute approximate surface area is 117 Å². The monoisotopic (exact) mass is 278 g/mol. The Kier molecular flexibility index (Phi) is 4.53. The quantitative estimate of drug-likeness (QED) is 0.663. The van der Waals surface area contributed by atoms with Crippen LogP contribution in [0.25, 0.3) is 0 Å². The van der Waals surface area contributed by atoms with Crippen LogP contribution in [-0.2, 0) is 6.42 Å². The Morgan fingerprint density at radius 1 is 1.26 bits per heavy atom. The Hall–Kier alpha value is -1.42. The Balaban J connectivity index is 2.27. The summed E-state index contributed by atoms with van der Waals surface area (Å²) in [5.74, 6) is 5.31. The van der Waals surface area contributed by atoms with Crippen LogP contribution in [0.1, 0.15) is 22.7 Å². The third-order valence-corrected chi connectivity index (χ3v) is 3.29. The molecule has 0 aliphatic rings. The molecule has 0 aliphatic carbocycles. The summed E-state index contributed by atoms with van der Waals surface area (Å²) < 4.78 is 13.9. The minimum Gasteiger partial charge on any atom is -0.271 e. The van der Waals surface area contributed by atoms with Crippen molar-refractivity contribution in [2.45, 2.75) is 19.4 Å². The van der Waals surface area contributed by atoms with Crippen LogP contribution in [-0.4, -0.2) is 0 Å². The molecule has 2 rings (SSSR count). The predicted octanol–water partition coefficient (Wildman–Crippen LogP) is 3.53. The van der Waals surface area contributed by atoms with Gasteiger partial charge in [-0.25, -0.2) is 4.39 Å². The highest BCUT2D eigenvalue weighted by molar-refractivity contribution is 6.30. The van der Waals surface area contributed by atoms with E-state index in [0.29, 0.717) is 17.0 Å². The Bertz CT molecular complexity index is 572. The number of rotatable bonds is 4. The number of hydrazine groups is 1. The van der Waals surface area contributed by atoms with Crippen LogP contribution in [0.4, 0.5) is 4.39 Å². The van der Waals surface area contributed by atoms with E-state index in [0.717, 1.165) is 11.1 Å². The summed E-state index contributed by atoms with van der Waals surface area (Å²) in [6.07, 6.45) is 0.581. The summed E-state index contributed by atoms with van der Waals surface area (Å²) >= 11 is 5.95. The van der Waals surface area contributed by atoms with Crippen molar-refractivity contribution >= 4 is 11.6 Å². The lowest BCUT2D eigenvalue weighted by Gasteiger charge is -2.18. The first kappa shape index (κ1) is 14.0. The van der Waals surface area contributed by atoms with Crippen molar-refractivity contribution < 1.29 is 4.39 Å². The molecule has 2 aromatic carbocycles. The lowest BCUT2D eigenvalue weighted by atomic mass is 9.97. The number of benzene rings is 2. The van der Waals surface area contributed by atoms with E-state index in [-0.39, 0.29) is 11.9 Å². The average molecular weight is 279 g/mol. The van der Waals surface area contributed by atoms with Gasteiger partial charge in [0.15, 0.2) is 0 Å². The van der Waals surface area contributed by atoms with Crippen LogP contribution in [0.15, 0.2) is 42.5 Å². The first-order valence-corrected chi connectivity index (χ1v) is 6.44. The average Bonchev–Trinajstić information content (AvgIpc) is 2.39. The summed E-state index contributed by atoms with van der Waals surface area (Å²) in [4.78, 5) is 0. The SMILES string of the molecule is Cc1ccc(F)c(C(Cc2cccc(Cl)c2)NN)c1. The highest BCUT2D eigenvalue weighted by Crippen LogP contribution is 2.23. The fourth-order valence-corrected chi connectivity index (χ4v) is 2.30. The second-order valence-electron chi connectivity index (χ2n) is 4.58. The molecule has 3 N–H and O–H groups in total. The normalized spacial score (nSPS) is 12.4. The van der Waals surface area contributed by atoms with Crippen molar-refractivity contribution in [3.05, 3.63) is 70.0 Å². The van der Waals surface area contributed by atoms with Crippen molar-refractivity contribution in [1.82, 2.24) is 5.43 Å². The predicted molar refractivity (Wildman–Crippen MR) is 76.4 cm³/mol. The highest BCUT2D eigenvalue weighted by atomic mass is 35.5.